The van der Waals surface area contributed by atoms with Gasteiger partial charge in [0.2, 0.25) is 41.2 Å². The number of nitrogens with one attached hydrogen (secondary N) is 6. The Balaban J connectivity index is 3.37. The standard InChI is InChI=1S/C38H59N7O14/c1-8-10-22-16-26(35(56)41-23(11-9-2)32(53)37(58)39-17-29(51)52)45(18-22)38(59)31(20(5)6)44-36(57)30(19(3)4)43-34(55)25(13-15-28(49)50)42-33(54)24(40-21(7)46)12-14-27(47)48/h8,19-20,22-26,30-31H,1,9-18H2,2-7H3,(H,39,58)(H,40,46)(H,41,56)(H,42,54)(H,43,55)(H,44,57)(H,47,48)(H,49,50)(H,51,52)/t22-,23+,24+,25+,26+,30+,31+/m1/s1. The molecule has 1 fully saturated rings. The Hall–Kier alpha value is -5.89. The summed E-state index contributed by atoms with van der Waals surface area (Å²) in [5.74, 6) is -12.5. The molecule has 1 aliphatic heterocycles. The topological polar surface area (TPSA) is 324 Å². The molecule has 0 aromatic carbocycles. The lowest BCUT2D eigenvalue weighted by Crippen LogP contribution is -2.61. The molecule has 330 valence electrons. The largest absolute Gasteiger partial charge is 0.481 e. The van der Waals surface area contributed by atoms with Crippen molar-refractivity contribution in [3.05, 3.63) is 12.7 Å². The van der Waals surface area contributed by atoms with Gasteiger partial charge in [0.1, 0.15) is 36.8 Å². The van der Waals surface area contributed by atoms with Gasteiger partial charge in [0.25, 0.3) is 5.91 Å². The van der Waals surface area contributed by atoms with Crippen LogP contribution in [0, 0.1) is 17.8 Å². The average Bonchev–Trinajstić information content (AvgIpc) is 3.57. The maximum atomic E-state index is 14.3. The molecular formula is C38H59N7O14. The smallest absolute Gasteiger partial charge is 0.322 e. The van der Waals surface area contributed by atoms with Gasteiger partial charge in [0.05, 0.1) is 6.04 Å². The summed E-state index contributed by atoms with van der Waals surface area (Å²) in [6.45, 7) is 12.2. The third-order valence-electron chi connectivity index (χ3n) is 9.41. The Morgan fingerprint density at radius 2 is 1.22 bits per heavy atom. The zero-order valence-electron chi connectivity index (χ0n) is 34.3. The van der Waals surface area contributed by atoms with E-state index in [2.05, 4.69) is 33.2 Å². The molecule has 21 nitrogen and oxygen atoms in total. The van der Waals surface area contributed by atoms with Crippen molar-refractivity contribution in [3.8, 4) is 0 Å². The van der Waals surface area contributed by atoms with Crippen molar-refractivity contribution < 1.29 is 68.1 Å². The maximum absolute atomic E-state index is 14.3. The number of carbonyl (C=O) groups excluding carboxylic acids is 8. The molecule has 1 saturated heterocycles. The molecule has 9 N–H and O–H groups in total. The van der Waals surface area contributed by atoms with Crippen molar-refractivity contribution in [1.82, 2.24) is 36.8 Å². The molecule has 7 atom stereocenters. The second kappa shape index (κ2) is 24.8. The number of aliphatic carboxylic acids is 3. The van der Waals surface area contributed by atoms with Crippen LogP contribution in [0.3, 0.4) is 0 Å². The first-order valence-electron chi connectivity index (χ1n) is 19.4. The Labute approximate surface area is 342 Å². The lowest BCUT2D eigenvalue weighted by atomic mass is 9.98. The quantitative estimate of drug-likeness (QED) is 0.0367. The van der Waals surface area contributed by atoms with E-state index in [1.807, 2.05) is 5.32 Å². The fraction of sp³-hybridized carbons (Fsp3) is 0.658. The van der Waals surface area contributed by atoms with E-state index in [0.717, 1.165) is 6.92 Å². The minimum absolute atomic E-state index is 0.0380. The minimum Gasteiger partial charge on any atom is -0.481 e. The molecule has 21 heteroatoms. The molecule has 1 aliphatic rings. The summed E-state index contributed by atoms with van der Waals surface area (Å²) < 4.78 is 0. The van der Waals surface area contributed by atoms with E-state index in [4.69, 9.17) is 10.2 Å². The Kier molecular flexibility index (Phi) is 21.5. The van der Waals surface area contributed by atoms with Gasteiger partial charge in [0.15, 0.2) is 0 Å². The molecule has 0 radical (unpaired) electrons. The number of carboxylic acids is 3. The van der Waals surface area contributed by atoms with Crippen LogP contribution in [-0.4, -0.2) is 135 Å². The lowest BCUT2D eigenvalue weighted by Gasteiger charge is -2.33. The summed E-state index contributed by atoms with van der Waals surface area (Å²) in [5.41, 5.74) is 0. The molecule has 0 unspecified atom stereocenters. The van der Waals surface area contributed by atoms with E-state index in [9.17, 15) is 57.8 Å². The zero-order valence-corrected chi connectivity index (χ0v) is 34.3. The summed E-state index contributed by atoms with van der Waals surface area (Å²) in [6.07, 6.45) is 0.681. The number of carbonyl (C=O) groups is 11. The number of nitrogens with zero attached hydrogens (tertiary/aromatic N) is 1. The van der Waals surface area contributed by atoms with Crippen molar-refractivity contribution in [2.45, 2.75) is 129 Å². The molecule has 0 aromatic rings. The number of likely N-dealkylation sites (tertiary alicyclic amines) is 1. The molecule has 1 rings (SSSR count). The van der Waals surface area contributed by atoms with Gasteiger partial charge >= 0.3 is 17.9 Å². The Morgan fingerprint density at radius 1 is 0.695 bits per heavy atom. The molecule has 0 spiro atoms. The fourth-order valence-corrected chi connectivity index (χ4v) is 6.36. The van der Waals surface area contributed by atoms with Gasteiger partial charge in [-0.25, -0.2) is 0 Å². The fourth-order valence-electron chi connectivity index (χ4n) is 6.36. The highest BCUT2D eigenvalue weighted by Crippen LogP contribution is 2.28. The highest BCUT2D eigenvalue weighted by molar-refractivity contribution is 6.38. The van der Waals surface area contributed by atoms with Gasteiger partial charge in [-0.15, -0.1) is 6.58 Å². The van der Waals surface area contributed by atoms with Crippen LogP contribution in [0.4, 0.5) is 0 Å². The van der Waals surface area contributed by atoms with Gasteiger partial charge in [-0.3, -0.25) is 52.7 Å². The van der Waals surface area contributed by atoms with Crippen LogP contribution in [0.1, 0.15) is 92.9 Å². The maximum Gasteiger partial charge on any atom is 0.322 e. The zero-order chi connectivity index (χ0) is 45.1. The number of hydrogen-bond donors (Lipinski definition) is 9. The van der Waals surface area contributed by atoms with Gasteiger partial charge in [0, 0.05) is 26.3 Å². The highest BCUT2D eigenvalue weighted by Gasteiger charge is 2.44. The minimum atomic E-state index is -1.55. The lowest BCUT2D eigenvalue weighted by molar-refractivity contribution is -0.145. The number of allylic oxidation sites excluding steroid dienone is 1. The molecule has 0 bridgehead atoms. The molecule has 1 heterocycles. The Morgan fingerprint density at radius 3 is 1.69 bits per heavy atom. The van der Waals surface area contributed by atoms with E-state index in [1.165, 1.54) is 4.90 Å². The van der Waals surface area contributed by atoms with Crippen LogP contribution in [0.5, 0.6) is 0 Å². The Bertz CT molecular complexity index is 1600. The monoisotopic (exact) mass is 837 g/mol. The van der Waals surface area contributed by atoms with E-state index >= 15 is 0 Å². The summed E-state index contributed by atoms with van der Waals surface area (Å²) in [6, 6.07) is -8.00. The average molecular weight is 838 g/mol. The summed E-state index contributed by atoms with van der Waals surface area (Å²) in [5, 5.41) is 41.6. The number of carboxylic acid groups (broad SMARTS) is 3. The van der Waals surface area contributed by atoms with Gasteiger partial charge in [-0.05, 0) is 49.9 Å². The van der Waals surface area contributed by atoms with Crippen molar-refractivity contribution in [1.29, 1.82) is 0 Å². The van der Waals surface area contributed by atoms with Crippen LogP contribution in [0.25, 0.3) is 0 Å². The summed E-state index contributed by atoms with van der Waals surface area (Å²) in [7, 11) is 0. The second-order valence-electron chi connectivity index (χ2n) is 15.1. The van der Waals surface area contributed by atoms with Crippen LogP contribution in [0.2, 0.25) is 0 Å². The summed E-state index contributed by atoms with van der Waals surface area (Å²) in [4.78, 5) is 140. The van der Waals surface area contributed by atoms with Gasteiger partial charge < -0.3 is 52.1 Å². The van der Waals surface area contributed by atoms with Crippen LogP contribution in [0.15, 0.2) is 12.7 Å². The number of amides is 7. The third-order valence-corrected chi connectivity index (χ3v) is 9.41. The normalized spacial score (nSPS) is 17.3. The molecule has 0 aromatic heterocycles. The highest BCUT2D eigenvalue weighted by atomic mass is 16.4. The molecule has 0 aliphatic carbocycles. The SMILES string of the molecule is C=CC[C@@H]1C[C@@H](C(=O)N[C@@H](CCC)C(=O)C(=O)NCC(=O)O)N(C(=O)[C@@H](NC(=O)[C@@H](NC(=O)[C@H](CCC(=O)O)NC(=O)[C@H](CCC(=O)O)NC(C)=O)C(C)C)C(C)C)C1. The van der Waals surface area contributed by atoms with Crippen LogP contribution in [-0.2, 0) is 52.7 Å². The van der Waals surface area contributed by atoms with E-state index < -0.39 is 139 Å². The first kappa shape index (κ1) is 51.1. The van der Waals surface area contributed by atoms with Crippen molar-refractivity contribution in [2.75, 3.05) is 13.1 Å². The predicted molar refractivity (Wildman–Crippen MR) is 208 cm³/mol. The first-order valence-corrected chi connectivity index (χ1v) is 19.4. The van der Waals surface area contributed by atoms with Gasteiger partial charge in [-0.1, -0.05) is 47.1 Å². The molecule has 7 amide bonds. The van der Waals surface area contributed by atoms with Crippen LogP contribution >= 0.6 is 0 Å². The number of Topliss-reactive ketones (excluding diaryl/α,β-unsaturated/α-hetero) is 1. The number of ketones is 1. The first-order chi connectivity index (χ1) is 27.5. The van der Waals surface area contributed by atoms with Gasteiger partial charge in [-0.2, -0.15) is 0 Å². The van der Waals surface area contributed by atoms with E-state index in [-0.39, 0.29) is 31.7 Å². The molecular weight excluding hydrogens is 778 g/mol. The number of rotatable bonds is 26. The van der Waals surface area contributed by atoms with Crippen molar-refractivity contribution in [3.63, 3.8) is 0 Å². The van der Waals surface area contributed by atoms with E-state index in [0.29, 0.717) is 12.8 Å². The molecule has 59 heavy (non-hydrogen) atoms. The summed E-state index contributed by atoms with van der Waals surface area (Å²) >= 11 is 0. The van der Waals surface area contributed by atoms with Crippen molar-refractivity contribution in [2.24, 2.45) is 17.8 Å². The molecule has 0 saturated carbocycles. The third kappa shape index (κ3) is 17.2. The van der Waals surface area contributed by atoms with E-state index in [1.54, 1.807) is 40.7 Å². The predicted octanol–water partition coefficient (Wildman–Crippen LogP) is -1.16. The number of hydrogen-bond acceptors (Lipinski definition) is 11. The van der Waals surface area contributed by atoms with Crippen LogP contribution < -0.4 is 31.9 Å². The second-order valence-corrected chi connectivity index (χ2v) is 15.1. The van der Waals surface area contributed by atoms with Crippen molar-refractivity contribution >= 4 is 65.0 Å².